The summed E-state index contributed by atoms with van der Waals surface area (Å²) in [6.07, 6.45) is -3.08. The molecule has 1 aromatic carbocycles. The summed E-state index contributed by atoms with van der Waals surface area (Å²) < 4.78 is 38.5. The first kappa shape index (κ1) is 19.2. The Hall–Kier alpha value is -2.56. The van der Waals surface area contributed by atoms with Gasteiger partial charge in [-0.2, -0.15) is 18.4 Å². The Balaban J connectivity index is 1.61. The van der Waals surface area contributed by atoms with E-state index in [4.69, 9.17) is 5.26 Å². The van der Waals surface area contributed by atoms with Crippen molar-refractivity contribution in [2.45, 2.75) is 32.0 Å². The Bertz CT molecular complexity index is 764. The number of likely N-dealkylation sites (tertiary alicyclic amines) is 2. The SMILES string of the molecule is N#CC1CCN(C(=O)C2CC(=O)N(Cc3cccc(C(F)(F)F)c3)C2)CC1. The van der Waals surface area contributed by atoms with Gasteiger partial charge in [0.25, 0.3) is 0 Å². The molecule has 0 aliphatic carbocycles. The van der Waals surface area contributed by atoms with E-state index in [1.807, 2.05) is 0 Å². The van der Waals surface area contributed by atoms with Gasteiger partial charge < -0.3 is 9.80 Å². The second-order valence-corrected chi connectivity index (χ2v) is 7.10. The molecule has 0 aromatic heterocycles. The van der Waals surface area contributed by atoms with Crippen LogP contribution in [0.1, 0.15) is 30.4 Å². The van der Waals surface area contributed by atoms with E-state index < -0.39 is 17.7 Å². The van der Waals surface area contributed by atoms with Crippen molar-refractivity contribution < 1.29 is 22.8 Å². The van der Waals surface area contributed by atoms with Gasteiger partial charge in [-0.05, 0) is 30.5 Å². The molecular weight excluding hydrogens is 359 g/mol. The van der Waals surface area contributed by atoms with Crippen molar-refractivity contribution in [2.75, 3.05) is 19.6 Å². The fraction of sp³-hybridized carbons (Fsp3) is 0.526. The van der Waals surface area contributed by atoms with Gasteiger partial charge in [0.05, 0.1) is 17.6 Å². The second kappa shape index (κ2) is 7.59. The third-order valence-corrected chi connectivity index (χ3v) is 5.18. The highest BCUT2D eigenvalue weighted by Gasteiger charge is 2.37. The number of hydrogen-bond acceptors (Lipinski definition) is 3. The van der Waals surface area contributed by atoms with Crippen LogP contribution in [0.5, 0.6) is 0 Å². The van der Waals surface area contributed by atoms with Crippen molar-refractivity contribution in [2.24, 2.45) is 11.8 Å². The zero-order valence-corrected chi connectivity index (χ0v) is 14.7. The largest absolute Gasteiger partial charge is 0.416 e. The first-order valence-electron chi connectivity index (χ1n) is 8.90. The topological polar surface area (TPSA) is 64.4 Å². The van der Waals surface area contributed by atoms with Crippen molar-refractivity contribution >= 4 is 11.8 Å². The molecular formula is C19H20F3N3O2. The van der Waals surface area contributed by atoms with Crippen molar-refractivity contribution in [3.05, 3.63) is 35.4 Å². The minimum Gasteiger partial charge on any atom is -0.342 e. The number of rotatable bonds is 3. The molecule has 0 bridgehead atoms. The number of alkyl halides is 3. The molecule has 5 nitrogen and oxygen atoms in total. The predicted octanol–water partition coefficient (Wildman–Crippen LogP) is 2.82. The minimum atomic E-state index is -4.43. The van der Waals surface area contributed by atoms with Crippen molar-refractivity contribution in [1.29, 1.82) is 5.26 Å². The maximum Gasteiger partial charge on any atom is 0.416 e. The number of carbonyl (C=O) groups excluding carboxylic acids is 2. The third-order valence-electron chi connectivity index (χ3n) is 5.18. The number of nitriles is 1. The van der Waals surface area contributed by atoms with Gasteiger partial charge in [0.2, 0.25) is 11.8 Å². The summed E-state index contributed by atoms with van der Waals surface area (Å²) in [6, 6.07) is 7.10. The molecule has 144 valence electrons. The van der Waals surface area contributed by atoms with E-state index >= 15 is 0 Å². The molecule has 0 N–H and O–H groups in total. The van der Waals surface area contributed by atoms with Gasteiger partial charge in [-0.1, -0.05) is 12.1 Å². The van der Waals surface area contributed by atoms with Gasteiger partial charge in [-0.15, -0.1) is 0 Å². The smallest absolute Gasteiger partial charge is 0.342 e. The zero-order valence-electron chi connectivity index (χ0n) is 14.7. The van der Waals surface area contributed by atoms with E-state index in [9.17, 15) is 22.8 Å². The molecule has 1 atom stereocenters. The van der Waals surface area contributed by atoms with Crippen LogP contribution in [0.25, 0.3) is 0 Å². The first-order chi connectivity index (χ1) is 12.8. The number of amides is 2. The molecule has 1 unspecified atom stereocenters. The van der Waals surface area contributed by atoms with E-state index in [2.05, 4.69) is 6.07 Å². The summed E-state index contributed by atoms with van der Waals surface area (Å²) in [4.78, 5) is 28.0. The standard InChI is InChI=1S/C19H20F3N3O2/c20-19(21,22)16-3-1-2-14(8-16)11-25-12-15(9-17(25)26)18(27)24-6-4-13(10-23)5-7-24/h1-3,8,13,15H,4-7,9,11-12H2. The minimum absolute atomic E-state index is 0.0309. The molecule has 0 saturated carbocycles. The van der Waals surface area contributed by atoms with Crippen molar-refractivity contribution in [1.82, 2.24) is 9.80 Å². The Morgan fingerprint density at radius 1 is 1.26 bits per heavy atom. The number of halogens is 3. The van der Waals surface area contributed by atoms with Gasteiger partial charge >= 0.3 is 6.18 Å². The molecule has 2 amide bonds. The summed E-state index contributed by atoms with van der Waals surface area (Å²) >= 11 is 0. The molecule has 27 heavy (non-hydrogen) atoms. The Morgan fingerprint density at radius 3 is 2.59 bits per heavy atom. The Kier molecular flexibility index (Phi) is 5.40. The molecule has 1 aromatic rings. The summed E-state index contributed by atoms with van der Waals surface area (Å²) in [7, 11) is 0. The number of carbonyl (C=O) groups is 2. The predicted molar refractivity (Wildman–Crippen MR) is 89.9 cm³/mol. The molecule has 0 radical (unpaired) electrons. The van der Waals surface area contributed by atoms with Gasteiger partial charge in [0.15, 0.2) is 0 Å². The molecule has 2 aliphatic heterocycles. The normalized spacial score (nSPS) is 21.4. The van der Waals surface area contributed by atoms with Crippen LogP contribution in [-0.2, 0) is 22.3 Å². The first-order valence-corrected chi connectivity index (χ1v) is 8.90. The summed E-state index contributed by atoms with van der Waals surface area (Å²) in [5, 5.41) is 8.93. The van der Waals surface area contributed by atoms with Crippen LogP contribution in [0.4, 0.5) is 13.2 Å². The average molecular weight is 379 g/mol. The average Bonchev–Trinajstić information content (AvgIpc) is 3.01. The molecule has 2 aliphatic rings. The van der Waals surface area contributed by atoms with Crippen LogP contribution in [0.3, 0.4) is 0 Å². The Labute approximate surface area is 155 Å². The lowest BCUT2D eigenvalue weighted by Crippen LogP contribution is -2.42. The lowest BCUT2D eigenvalue weighted by atomic mass is 9.97. The van der Waals surface area contributed by atoms with E-state index in [0.29, 0.717) is 31.5 Å². The number of piperidine rings is 1. The fourth-order valence-corrected chi connectivity index (χ4v) is 3.64. The van der Waals surface area contributed by atoms with E-state index in [-0.39, 0.29) is 37.2 Å². The highest BCUT2D eigenvalue weighted by Crippen LogP contribution is 2.30. The van der Waals surface area contributed by atoms with E-state index in [0.717, 1.165) is 12.1 Å². The summed E-state index contributed by atoms with van der Waals surface area (Å²) in [5.74, 6) is -0.831. The van der Waals surface area contributed by atoms with E-state index in [1.54, 1.807) is 11.0 Å². The lowest BCUT2D eigenvalue weighted by Gasteiger charge is -2.31. The highest BCUT2D eigenvalue weighted by atomic mass is 19.4. The monoisotopic (exact) mass is 379 g/mol. The van der Waals surface area contributed by atoms with Crippen LogP contribution >= 0.6 is 0 Å². The maximum atomic E-state index is 12.8. The molecule has 2 heterocycles. The lowest BCUT2D eigenvalue weighted by molar-refractivity contribution is -0.138. The maximum absolute atomic E-state index is 12.8. The van der Waals surface area contributed by atoms with Crippen LogP contribution < -0.4 is 0 Å². The van der Waals surface area contributed by atoms with Gasteiger partial charge in [-0.3, -0.25) is 9.59 Å². The van der Waals surface area contributed by atoms with Gasteiger partial charge in [-0.25, -0.2) is 0 Å². The van der Waals surface area contributed by atoms with Crippen molar-refractivity contribution in [3.63, 3.8) is 0 Å². The zero-order chi connectivity index (χ0) is 19.6. The highest BCUT2D eigenvalue weighted by molar-refractivity contribution is 5.89. The molecule has 8 heteroatoms. The quantitative estimate of drug-likeness (QED) is 0.811. The van der Waals surface area contributed by atoms with Gasteiger partial charge in [0.1, 0.15) is 0 Å². The fourth-order valence-electron chi connectivity index (χ4n) is 3.64. The number of hydrogen-bond donors (Lipinski definition) is 0. The summed E-state index contributed by atoms with van der Waals surface area (Å²) in [6.45, 7) is 1.29. The third kappa shape index (κ3) is 4.41. The van der Waals surface area contributed by atoms with Crippen LogP contribution in [-0.4, -0.2) is 41.2 Å². The van der Waals surface area contributed by atoms with Crippen LogP contribution in [0.15, 0.2) is 24.3 Å². The Morgan fingerprint density at radius 2 is 1.96 bits per heavy atom. The summed E-state index contributed by atoms with van der Waals surface area (Å²) in [5.41, 5.74) is -0.360. The molecule has 2 fully saturated rings. The molecule has 3 rings (SSSR count). The second-order valence-electron chi connectivity index (χ2n) is 7.10. The number of nitrogens with zero attached hydrogens (tertiary/aromatic N) is 3. The van der Waals surface area contributed by atoms with E-state index in [1.165, 1.54) is 11.0 Å². The van der Waals surface area contributed by atoms with Crippen LogP contribution in [0.2, 0.25) is 0 Å². The molecule has 2 saturated heterocycles. The van der Waals surface area contributed by atoms with Crippen LogP contribution in [0, 0.1) is 23.2 Å². The molecule has 0 spiro atoms. The number of benzene rings is 1. The van der Waals surface area contributed by atoms with Gasteiger partial charge in [0, 0.05) is 38.5 Å². The van der Waals surface area contributed by atoms with Crippen molar-refractivity contribution in [3.8, 4) is 6.07 Å².